The van der Waals surface area contributed by atoms with Crippen molar-refractivity contribution in [2.45, 2.75) is 25.2 Å². The summed E-state index contributed by atoms with van der Waals surface area (Å²) in [6, 6.07) is 11.9. The molecule has 1 N–H and O–H groups in total. The first-order valence-electron chi connectivity index (χ1n) is 7.68. The van der Waals surface area contributed by atoms with Crippen molar-refractivity contribution in [2.75, 3.05) is 5.32 Å². The van der Waals surface area contributed by atoms with Crippen LogP contribution < -0.4 is 5.32 Å². The fourth-order valence-corrected chi connectivity index (χ4v) is 3.73. The van der Waals surface area contributed by atoms with Gasteiger partial charge in [0, 0.05) is 11.6 Å². The predicted molar refractivity (Wildman–Crippen MR) is 91.1 cm³/mol. The number of nitrogens with zero attached hydrogens (tertiary/aromatic N) is 4. The highest BCUT2D eigenvalue weighted by molar-refractivity contribution is 7.15. The number of benzene rings is 1. The summed E-state index contributed by atoms with van der Waals surface area (Å²) in [5.74, 6) is 0.259. The Morgan fingerprint density at radius 2 is 1.96 bits per heavy atom. The number of aromatic nitrogens is 4. The van der Waals surface area contributed by atoms with Crippen LogP contribution in [0.25, 0.3) is 0 Å². The van der Waals surface area contributed by atoms with Crippen molar-refractivity contribution in [3.8, 4) is 0 Å². The Hall–Kier alpha value is -2.67. The van der Waals surface area contributed by atoms with Gasteiger partial charge in [0.25, 0.3) is 5.91 Å². The van der Waals surface area contributed by atoms with Crippen molar-refractivity contribution in [3.05, 3.63) is 64.7 Å². The van der Waals surface area contributed by atoms with Crippen LogP contribution >= 0.6 is 11.3 Å². The summed E-state index contributed by atoms with van der Waals surface area (Å²) in [4.78, 5) is 20.4. The number of amides is 1. The standard InChI is InChI=1S/C17H15N5OS/c1-11-18-10-7-13(19-11)14(23)20-16-22-21-15(24-16)17(8-9-17)12-5-3-2-4-6-12/h2-7,10H,8-9H2,1H3,(H,20,22,23). The molecule has 0 atom stereocenters. The second kappa shape index (κ2) is 5.76. The summed E-state index contributed by atoms with van der Waals surface area (Å²) in [5, 5.41) is 12.7. The average Bonchev–Trinajstić information content (AvgIpc) is 3.29. The molecule has 0 saturated heterocycles. The van der Waals surface area contributed by atoms with E-state index in [1.54, 1.807) is 19.2 Å². The van der Waals surface area contributed by atoms with E-state index in [-0.39, 0.29) is 11.3 Å². The van der Waals surface area contributed by atoms with Gasteiger partial charge in [0.05, 0.1) is 0 Å². The van der Waals surface area contributed by atoms with Crippen LogP contribution in [0, 0.1) is 6.92 Å². The van der Waals surface area contributed by atoms with E-state index in [9.17, 15) is 4.79 Å². The highest BCUT2D eigenvalue weighted by Gasteiger charge is 2.48. The van der Waals surface area contributed by atoms with Crippen LogP contribution in [0.3, 0.4) is 0 Å². The molecule has 3 aromatic rings. The Labute approximate surface area is 143 Å². The molecule has 0 radical (unpaired) electrons. The fraction of sp³-hybridized carbons (Fsp3) is 0.235. The number of hydrogen-bond donors (Lipinski definition) is 1. The van der Waals surface area contributed by atoms with E-state index in [4.69, 9.17) is 0 Å². The Bertz CT molecular complexity index is 889. The minimum atomic E-state index is -0.298. The zero-order valence-corrected chi connectivity index (χ0v) is 13.9. The van der Waals surface area contributed by atoms with E-state index in [1.165, 1.54) is 16.9 Å². The quantitative estimate of drug-likeness (QED) is 0.791. The van der Waals surface area contributed by atoms with Crippen molar-refractivity contribution in [3.63, 3.8) is 0 Å². The van der Waals surface area contributed by atoms with Crippen molar-refractivity contribution < 1.29 is 4.79 Å². The molecule has 7 heteroatoms. The summed E-state index contributed by atoms with van der Waals surface area (Å²) in [5.41, 5.74) is 1.54. The van der Waals surface area contributed by atoms with Gasteiger partial charge >= 0.3 is 0 Å². The second-order valence-electron chi connectivity index (χ2n) is 5.80. The van der Waals surface area contributed by atoms with Crippen molar-refractivity contribution in [1.29, 1.82) is 0 Å². The lowest BCUT2D eigenvalue weighted by molar-refractivity contribution is 0.102. The third kappa shape index (κ3) is 2.67. The molecule has 0 aliphatic heterocycles. The molecule has 1 saturated carbocycles. The SMILES string of the molecule is Cc1nccc(C(=O)Nc2nnc(C3(c4ccccc4)CC3)s2)n1. The van der Waals surface area contributed by atoms with Gasteiger partial charge in [0.1, 0.15) is 16.5 Å². The normalized spacial score (nSPS) is 15.0. The molecule has 6 nitrogen and oxygen atoms in total. The molecule has 1 aliphatic rings. The number of aryl methyl sites for hydroxylation is 1. The largest absolute Gasteiger partial charge is 0.295 e. The number of carbonyl (C=O) groups excluding carboxylic acids is 1. The van der Waals surface area contributed by atoms with Crippen molar-refractivity contribution >= 4 is 22.4 Å². The highest BCUT2D eigenvalue weighted by Crippen LogP contribution is 2.54. The number of hydrogen-bond acceptors (Lipinski definition) is 6. The Morgan fingerprint density at radius 1 is 1.17 bits per heavy atom. The van der Waals surface area contributed by atoms with Crippen LogP contribution in [0.5, 0.6) is 0 Å². The molecule has 2 heterocycles. The van der Waals surface area contributed by atoms with Gasteiger partial charge in [-0.25, -0.2) is 9.97 Å². The minimum Gasteiger partial charge on any atom is -0.295 e. The summed E-state index contributed by atoms with van der Waals surface area (Å²) in [6.07, 6.45) is 3.69. The topological polar surface area (TPSA) is 80.7 Å². The number of nitrogens with one attached hydrogen (secondary N) is 1. The first-order valence-corrected chi connectivity index (χ1v) is 8.49. The molecule has 1 aliphatic carbocycles. The molecule has 1 aromatic carbocycles. The van der Waals surface area contributed by atoms with Gasteiger partial charge in [-0.05, 0) is 31.4 Å². The molecular formula is C17H15N5OS. The van der Waals surface area contributed by atoms with E-state index >= 15 is 0 Å². The Morgan fingerprint density at radius 3 is 2.67 bits per heavy atom. The smallest absolute Gasteiger partial charge is 0.276 e. The Kier molecular flexibility index (Phi) is 3.57. The first-order chi connectivity index (χ1) is 11.7. The van der Waals surface area contributed by atoms with Crippen molar-refractivity contribution in [2.24, 2.45) is 0 Å². The molecule has 1 fully saturated rings. The van der Waals surface area contributed by atoms with E-state index in [2.05, 4.69) is 37.6 Å². The monoisotopic (exact) mass is 337 g/mol. The van der Waals surface area contributed by atoms with Crippen LogP contribution in [0.1, 0.15) is 39.7 Å². The summed E-state index contributed by atoms with van der Waals surface area (Å²) >= 11 is 1.43. The van der Waals surface area contributed by atoms with Crippen LogP contribution in [-0.4, -0.2) is 26.1 Å². The van der Waals surface area contributed by atoms with Gasteiger partial charge in [-0.2, -0.15) is 0 Å². The van der Waals surface area contributed by atoms with Gasteiger partial charge in [0.15, 0.2) is 0 Å². The van der Waals surface area contributed by atoms with Crippen LogP contribution in [-0.2, 0) is 5.41 Å². The maximum atomic E-state index is 12.2. The zero-order chi connectivity index (χ0) is 16.6. The van der Waals surface area contributed by atoms with Crippen LogP contribution in [0.2, 0.25) is 0 Å². The third-order valence-electron chi connectivity index (χ3n) is 4.14. The van der Waals surface area contributed by atoms with E-state index in [0.29, 0.717) is 16.6 Å². The molecule has 4 rings (SSSR count). The molecule has 24 heavy (non-hydrogen) atoms. The molecule has 120 valence electrons. The van der Waals surface area contributed by atoms with Gasteiger partial charge in [0.2, 0.25) is 5.13 Å². The van der Waals surface area contributed by atoms with Gasteiger partial charge in [-0.1, -0.05) is 41.7 Å². The molecule has 1 amide bonds. The highest BCUT2D eigenvalue weighted by atomic mass is 32.1. The lowest BCUT2D eigenvalue weighted by Gasteiger charge is -2.11. The number of carbonyl (C=O) groups is 1. The van der Waals surface area contributed by atoms with E-state index in [1.807, 2.05) is 18.2 Å². The first kappa shape index (κ1) is 14.9. The van der Waals surface area contributed by atoms with Gasteiger partial charge < -0.3 is 0 Å². The maximum Gasteiger partial charge on any atom is 0.276 e. The molecule has 0 spiro atoms. The molecular weight excluding hydrogens is 322 g/mol. The van der Waals surface area contributed by atoms with Crippen LogP contribution in [0.15, 0.2) is 42.6 Å². The van der Waals surface area contributed by atoms with E-state index < -0.39 is 0 Å². The molecule has 0 bridgehead atoms. The fourth-order valence-electron chi connectivity index (χ4n) is 2.72. The molecule has 2 aromatic heterocycles. The molecule has 0 unspecified atom stereocenters. The van der Waals surface area contributed by atoms with E-state index in [0.717, 1.165) is 17.8 Å². The minimum absolute atomic E-state index is 0.0343. The maximum absolute atomic E-state index is 12.2. The lowest BCUT2D eigenvalue weighted by atomic mass is 9.97. The predicted octanol–water partition coefficient (Wildman–Crippen LogP) is 2.97. The van der Waals surface area contributed by atoms with Crippen LogP contribution in [0.4, 0.5) is 5.13 Å². The van der Waals surface area contributed by atoms with Gasteiger partial charge in [-0.15, -0.1) is 10.2 Å². The van der Waals surface area contributed by atoms with Crippen molar-refractivity contribution in [1.82, 2.24) is 20.2 Å². The summed E-state index contributed by atoms with van der Waals surface area (Å²) in [7, 11) is 0. The number of anilines is 1. The summed E-state index contributed by atoms with van der Waals surface area (Å²) < 4.78 is 0. The third-order valence-corrected chi connectivity index (χ3v) is 5.18. The van der Waals surface area contributed by atoms with Gasteiger partial charge in [-0.3, -0.25) is 10.1 Å². The summed E-state index contributed by atoms with van der Waals surface area (Å²) in [6.45, 7) is 1.75. The Balaban J connectivity index is 1.55. The zero-order valence-electron chi connectivity index (χ0n) is 13.1. The average molecular weight is 337 g/mol. The second-order valence-corrected chi connectivity index (χ2v) is 6.78. The lowest BCUT2D eigenvalue weighted by Crippen LogP contribution is -2.14. The number of rotatable bonds is 4.